The van der Waals surface area contributed by atoms with E-state index in [1.807, 2.05) is 12.1 Å². The molecule has 6 nitrogen and oxygen atoms in total. The fourth-order valence-corrected chi connectivity index (χ4v) is 1.90. The number of halogens is 2. The Morgan fingerprint density at radius 1 is 1.11 bits per heavy atom. The Balaban J connectivity index is 2.25. The van der Waals surface area contributed by atoms with E-state index < -0.39 is 7.82 Å². The van der Waals surface area contributed by atoms with E-state index in [4.69, 9.17) is 28.6 Å². The van der Waals surface area contributed by atoms with E-state index in [2.05, 4.69) is 17.8 Å². The molecule has 0 saturated carbocycles. The highest BCUT2D eigenvalue weighted by Gasteiger charge is 2.30. The number of hydrogen-bond acceptors (Lipinski definition) is 6. The second-order valence-corrected chi connectivity index (χ2v) is 5.22. The molecule has 0 fully saturated rings. The number of rotatable bonds is 5. The van der Waals surface area contributed by atoms with E-state index >= 15 is 0 Å². The van der Waals surface area contributed by atoms with Crippen molar-refractivity contribution in [2.75, 3.05) is 0 Å². The van der Waals surface area contributed by atoms with Crippen molar-refractivity contribution in [3.8, 4) is 5.75 Å². The average molecular weight is 310 g/mol. The van der Waals surface area contributed by atoms with Gasteiger partial charge in [-0.05, 0) is 12.1 Å². The Kier molecular flexibility index (Phi) is 4.40. The lowest BCUT2D eigenvalue weighted by Crippen LogP contribution is -1.97. The Hall–Kier alpha value is -0.880. The minimum Gasteiger partial charge on any atom is -0.325 e. The summed E-state index contributed by atoms with van der Waals surface area (Å²) in [6.45, 7) is 0. The highest BCUT2D eigenvalue weighted by Crippen LogP contribution is 2.52. The van der Waals surface area contributed by atoms with E-state index in [0.717, 1.165) is 5.39 Å². The van der Waals surface area contributed by atoms with E-state index in [1.54, 1.807) is 24.4 Å². The van der Waals surface area contributed by atoms with Crippen LogP contribution < -0.4 is 4.89 Å². The monoisotopic (exact) mass is 309 g/mol. The van der Waals surface area contributed by atoms with Gasteiger partial charge in [0.1, 0.15) is 5.52 Å². The number of para-hydroxylation sites is 1. The van der Waals surface area contributed by atoms with Gasteiger partial charge in [-0.2, -0.15) is 8.15 Å². The molecule has 2 aromatic rings. The Morgan fingerprint density at radius 2 is 1.83 bits per heavy atom. The van der Waals surface area contributed by atoms with Crippen molar-refractivity contribution in [2.24, 2.45) is 0 Å². The van der Waals surface area contributed by atoms with E-state index in [9.17, 15) is 4.57 Å². The Morgan fingerprint density at radius 3 is 2.56 bits per heavy atom. The lowest BCUT2D eigenvalue weighted by Gasteiger charge is -2.09. The van der Waals surface area contributed by atoms with Crippen LogP contribution in [0.3, 0.4) is 0 Å². The first-order chi connectivity index (χ1) is 8.68. The molecule has 0 radical (unpaired) electrons. The normalized spacial score (nSPS) is 11.7. The SMILES string of the molecule is O=P(OCl)(OCl)OOc1cccc2cccnc12. The van der Waals surface area contributed by atoms with Crippen molar-refractivity contribution < 1.29 is 22.3 Å². The summed E-state index contributed by atoms with van der Waals surface area (Å²) in [5, 5.41) is 0.812. The number of nitrogens with zero attached hydrogens (tertiary/aromatic N) is 1. The predicted molar refractivity (Wildman–Crippen MR) is 64.9 cm³/mol. The predicted octanol–water partition coefficient (Wildman–Crippen LogP) is 3.99. The first kappa shape index (κ1) is 13.5. The smallest absolute Gasteiger partial charge is 0.325 e. The molecule has 0 unspecified atom stereocenters. The van der Waals surface area contributed by atoms with Crippen LogP contribution in [0.5, 0.6) is 5.75 Å². The van der Waals surface area contributed by atoms with Gasteiger partial charge in [0.25, 0.3) is 0 Å². The molecule has 0 atom stereocenters. The molecule has 0 spiro atoms. The van der Waals surface area contributed by atoms with Crippen LogP contribution in [0.25, 0.3) is 10.9 Å². The lowest BCUT2D eigenvalue weighted by molar-refractivity contribution is -0.117. The van der Waals surface area contributed by atoms with Crippen LogP contribution in [-0.4, -0.2) is 4.98 Å². The molecule has 0 aliphatic heterocycles. The maximum absolute atomic E-state index is 11.4. The van der Waals surface area contributed by atoms with Crippen molar-refractivity contribution in [1.29, 1.82) is 0 Å². The largest absolute Gasteiger partial charge is 0.544 e. The van der Waals surface area contributed by atoms with Gasteiger partial charge in [-0.15, -0.1) is 0 Å². The zero-order valence-corrected chi connectivity index (χ0v) is 11.1. The summed E-state index contributed by atoms with van der Waals surface area (Å²) >= 11 is 9.80. The fourth-order valence-electron chi connectivity index (χ4n) is 1.26. The summed E-state index contributed by atoms with van der Waals surface area (Å²) in [6.07, 6.45) is 1.57. The molecular weight excluding hydrogens is 304 g/mol. The van der Waals surface area contributed by atoms with Gasteiger partial charge in [0.15, 0.2) is 5.75 Å². The third-order valence-electron chi connectivity index (χ3n) is 1.98. The maximum atomic E-state index is 11.4. The molecule has 0 bridgehead atoms. The molecule has 1 aromatic carbocycles. The topological polar surface area (TPSA) is 66.9 Å². The van der Waals surface area contributed by atoms with E-state index in [1.165, 1.54) is 0 Å². The van der Waals surface area contributed by atoms with Crippen molar-refractivity contribution in [2.45, 2.75) is 0 Å². The zero-order valence-electron chi connectivity index (χ0n) is 8.66. The summed E-state index contributed by atoms with van der Waals surface area (Å²) in [4.78, 5) is 8.91. The summed E-state index contributed by atoms with van der Waals surface area (Å²) < 4.78 is 23.7. The third kappa shape index (κ3) is 2.92. The van der Waals surface area contributed by atoms with E-state index in [-0.39, 0.29) is 5.75 Å². The van der Waals surface area contributed by atoms with Gasteiger partial charge in [-0.1, -0.05) is 22.9 Å². The van der Waals surface area contributed by atoms with Crippen LogP contribution in [0.1, 0.15) is 0 Å². The van der Waals surface area contributed by atoms with Gasteiger partial charge in [-0.25, -0.2) is 4.57 Å². The van der Waals surface area contributed by atoms with Gasteiger partial charge in [-0.3, -0.25) is 4.98 Å². The van der Waals surface area contributed by atoms with Crippen LogP contribution >= 0.6 is 31.6 Å². The van der Waals surface area contributed by atoms with Gasteiger partial charge in [0.05, 0.1) is 23.7 Å². The van der Waals surface area contributed by atoms with Crippen molar-refractivity contribution in [3.05, 3.63) is 36.5 Å². The van der Waals surface area contributed by atoms with Crippen molar-refractivity contribution in [3.63, 3.8) is 0 Å². The molecular formula is C9H6Cl2NO5P. The molecule has 1 aromatic heterocycles. The zero-order chi connectivity index (χ0) is 13.0. The summed E-state index contributed by atoms with van der Waals surface area (Å²) in [5.74, 6) is 0.218. The van der Waals surface area contributed by atoms with Gasteiger partial charge >= 0.3 is 7.82 Å². The molecule has 1 heterocycles. The molecule has 0 aliphatic rings. The molecule has 0 saturated heterocycles. The molecule has 0 amide bonds. The van der Waals surface area contributed by atoms with Crippen LogP contribution in [0.2, 0.25) is 0 Å². The lowest BCUT2D eigenvalue weighted by atomic mass is 10.2. The number of phosphoric acid groups is 1. The molecule has 9 heteroatoms. The van der Waals surface area contributed by atoms with Crippen LogP contribution in [0, 0.1) is 0 Å². The minimum atomic E-state index is -4.14. The van der Waals surface area contributed by atoms with E-state index in [0.29, 0.717) is 5.52 Å². The minimum absolute atomic E-state index is 0.218. The second kappa shape index (κ2) is 5.84. The molecule has 18 heavy (non-hydrogen) atoms. The standard InChI is InChI=1S/C9H6Cl2NO5P/c10-15-18(13,16-11)17-14-8-5-1-3-7-4-2-6-12-9(7)8/h1-6H. The van der Waals surface area contributed by atoms with Crippen molar-refractivity contribution >= 4 is 42.5 Å². The highest BCUT2D eigenvalue weighted by molar-refractivity contribution is 7.50. The summed E-state index contributed by atoms with van der Waals surface area (Å²) in [5.41, 5.74) is 0.510. The van der Waals surface area contributed by atoms with Crippen LogP contribution in [0.4, 0.5) is 0 Å². The number of fused-ring (bicyclic) bond motifs is 1. The Bertz CT molecular complexity index is 583. The second-order valence-electron chi connectivity index (χ2n) is 3.07. The summed E-state index contributed by atoms with van der Waals surface area (Å²) in [7, 11) is -4.14. The first-order valence-electron chi connectivity index (χ1n) is 4.59. The number of aromatic nitrogens is 1. The molecule has 2 rings (SSSR count). The Labute approximate surface area is 112 Å². The van der Waals surface area contributed by atoms with Gasteiger partial charge < -0.3 is 4.89 Å². The average Bonchev–Trinajstić information content (AvgIpc) is 2.44. The number of pyridine rings is 1. The van der Waals surface area contributed by atoms with Crippen molar-refractivity contribution in [1.82, 2.24) is 4.98 Å². The highest BCUT2D eigenvalue weighted by atomic mass is 35.5. The quantitative estimate of drug-likeness (QED) is 0.472. The molecule has 0 aliphatic carbocycles. The first-order valence-corrected chi connectivity index (χ1v) is 6.67. The number of hydrogen-bond donors (Lipinski definition) is 0. The summed E-state index contributed by atoms with van der Waals surface area (Å²) in [6, 6.07) is 8.68. The fraction of sp³-hybridized carbons (Fsp3) is 0. The maximum Gasteiger partial charge on any atom is 0.544 e. The molecule has 96 valence electrons. The number of benzene rings is 1. The van der Waals surface area contributed by atoms with Crippen LogP contribution in [-0.2, 0) is 17.4 Å². The molecule has 0 N–H and O–H groups in total. The van der Waals surface area contributed by atoms with Gasteiger partial charge in [0, 0.05) is 11.6 Å². The van der Waals surface area contributed by atoms with Crippen LogP contribution in [0.15, 0.2) is 36.5 Å². The van der Waals surface area contributed by atoms with Gasteiger partial charge in [0.2, 0.25) is 0 Å². The third-order valence-corrected chi connectivity index (χ3v) is 3.59.